The highest BCUT2D eigenvalue weighted by molar-refractivity contribution is 5.92. The summed E-state index contributed by atoms with van der Waals surface area (Å²) >= 11 is 0. The van der Waals surface area contributed by atoms with Crippen LogP contribution < -0.4 is 16.0 Å². The number of hydrogen-bond donors (Lipinski definition) is 4. The molecular weight excluding hydrogens is 270 g/mol. The zero-order valence-corrected chi connectivity index (χ0v) is 12.5. The Balaban J connectivity index is 2.65. The van der Waals surface area contributed by atoms with E-state index in [4.69, 9.17) is 5.11 Å². The summed E-state index contributed by atoms with van der Waals surface area (Å²) in [6.07, 6.45) is 2.07. The molecule has 1 aromatic rings. The Labute approximate surface area is 124 Å². The van der Waals surface area contributed by atoms with Crippen LogP contribution in [0.5, 0.6) is 0 Å². The standard InChI is InChI=1S/C15H23N3O3/c1-3-4-8-13(14(19)20)18-15(21)17-12-9-6-5-7-11(12)10-16-2/h5-7,9,13,16H,3-4,8,10H2,1-2H3,(H,19,20)(H2,17,18,21)/t13-/m0/s1. The van der Waals surface area contributed by atoms with E-state index in [1.54, 1.807) is 6.07 Å². The van der Waals surface area contributed by atoms with E-state index in [0.29, 0.717) is 18.7 Å². The van der Waals surface area contributed by atoms with Gasteiger partial charge in [0.05, 0.1) is 0 Å². The molecule has 0 saturated heterocycles. The fraction of sp³-hybridized carbons (Fsp3) is 0.467. The molecule has 0 unspecified atom stereocenters. The molecule has 116 valence electrons. The third kappa shape index (κ3) is 5.83. The van der Waals surface area contributed by atoms with Crippen molar-refractivity contribution in [3.8, 4) is 0 Å². The number of benzene rings is 1. The van der Waals surface area contributed by atoms with Crippen molar-refractivity contribution < 1.29 is 14.7 Å². The fourth-order valence-corrected chi connectivity index (χ4v) is 1.97. The summed E-state index contributed by atoms with van der Waals surface area (Å²) in [7, 11) is 1.82. The van der Waals surface area contributed by atoms with Crippen molar-refractivity contribution in [2.75, 3.05) is 12.4 Å². The minimum Gasteiger partial charge on any atom is -0.480 e. The molecule has 1 aromatic carbocycles. The minimum atomic E-state index is -1.01. The summed E-state index contributed by atoms with van der Waals surface area (Å²) in [5.74, 6) is -1.01. The predicted molar refractivity (Wildman–Crippen MR) is 82.3 cm³/mol. The van der Waals surface area contributed by atoms with Crippen molar-refractivity contribution >= 4 is 17.7 Å². The SMILES string of the molecule is CCCC[C@H](NC(=O)Nc1ccccc1CNC)C(=O)O. The van der Waals surface area contributed by atoms with Crippen LogP contribution in [-0.4, -0.2) is 30.2 Å². The van der Waals surface area contributed by atoms with E-state index in [1.807, 2.05) is 32.2 Å². The van der Waals surface area contributed by atoms with Gasteiger partial charge in [-0.25, -0.2) is 9.59 Å². The first kappa shape index (κ1) is 17.0. The van der Waals surface area contributed by atoms with Crippen molar-refractivity contribution in [1.29, 1.82) is 0 Å². The van der Waals surface area contributed by atoms with Crippen LogP contribution in [-0.2, 0) is 11.3 Å². The number of carboxylic acids is 1. The van der Waals surface area contributed by atoms with Gasteiger partial charge < -0.3 is 21.1 Å². The monoisotopic (exact) mass is 293 g/mol. The molecule has 4 N–H and O–H groups in total. The van der Waals surface area contributed by atoms with E-state index in [0.717, 1.165) is 18.4 Å². The number of carboxylic acid groups (broad SMARTS) is 1. The number of nitrogens with one attached hydrogen (secondary N) is 3. The first-order valence-electron chi connectivity index (χ1n) is 7.11. The van der Waals surface area contributed by atoms with Crippen molar-refractivity contribution in [2.45, 2.75) is 38.8 Å². The molecule has 0 bridgehead atoms. The third-order valence-electron chi connectivity index (χ3n) is 3.08. The number of carbonyl (C=O) groups is 2. The molecule has 0 saturated carbocycles. The topological polar surface area (TPSA) is 90.5 Å². The molecule has 0 aliphatic heterocycles. The number of anilines is 1. The lowest BCUT2D eigenvalue weighted by Crippen LogP contribution is -2.43. The molecule has 0 aromatic heterocycles. The quantitative estimate of drug-likeness (QED) is 0.591. The zero-order chi connectivity index (χ0) is 15.7. The summed E-state index contributed by atoms with van der Waals surface area (Å²) < 4.78 is 0. The Morgan fingerprint density at radius 1 is 1.29 bits per heavy atom. The predicted octanol–water partition coefficient (Wildman–Crippen LogP) is 2.17. The van der Waals surface area contributed by atoms with Crippen LogP contribution in [0.15, 0.2) is 24.3 Å². The molecule has 0 fully saturated rings. The summed E-state index contributed by atoms with van der Waals surface area (Å²) in [5, 5.41) is 17.3. The Hall–Kier alpha value is -2.08. The molecule has 2 amide bonds. The number of rotatable bonds is 8. The summed E-state index contributed by atoms with van der Waals surface area (Å²) in [6.45, 7) is 2.60. The molecule has 0 aliphatic carbocycles. The summed E-state index contributed by atoms with van der Waals surface area (Å²) in [6, 6.07) is 6.03. The number of urea groups is 1. The second-order valence-electron chi connectivity index (χ2n) is 4.82. The van der Waals surface area contributed by atoms with Crippen LogP contribution in [0.25, 0.3) is 0 Å². The van der Waals surface area contributed by atoms with E-state index < -0.39 is 18.0 Å². The van der Waals surface area contributed by atoms with Crippen molar-refractivity contribution in [1.82, 2.24) is 10.6 Å². The van der Waals surface area contributed by atoms with Crippen LogP contribution in [0.1, 0.15) is 31.7 Å². The molecule has 0 radical (unpaired) electrons. The van der Waals surface area contributed by atoms with Crippen LogP contribution in [0, 0.1) is 0 Å². The molecule has 1 atom stereocenters. The van der Waals surface area contributed by atoms with E-state index in [9.17, 15) is 9.59 Å². The van der Waals surface area contributed by atoms with Crippen molar-refractivity contribution in [2.24, 2.45) is 0 Å². The van der Waals surface area contributed by atoms with Crippen LogP contribution >= 0.6 is 0 Å². The second-order valence-corrected chi connectivity index (χ2v) is 4.82. The van der Waals surface area contributed by atoms with Crippen molar-refractivity contribution in [3.05, 3.63) is 29.8 Å². The normalized spacial score (nSPS) is 11.7. The summed E-state index contributed by atoms with van der Waals surface area (Å²) in [5.41, 5.74) is 1.61. The minimum absolute atomic E-state index is 0.428. The Morgan fingerprint density at radius 3 is 2.62 bits per heavy atom. The second kappa shape index (κ2) is 8.97. The molecule has 6 heteroatoms. The molecule has 6 nitrogen and oxygen atoms in total. The van der Waals surface area contributed by atoms with Gasteiger partial charge in [-0.1, -0.05) is 38.0 Å². The van der Waals surface area contributed by atoms with Crippen LogP contribution in [0.4, 0.5) is 10.5 Å². The Morgan fingerprint density at radius 2 is 2.00 bits per heavy atom. The highest BCUT2D eigenvalue weighted by Crippen LogP contribution is 2.14. The van der Waals surface area contributed by atoms with Gasteiger partial charge in [-0.15, -0.1) is 0 Å². The fourth-order valence-electron chi connectivity index (χ4n) is 1.97. The largest absolute Gasteiger partial charge is 0.480 e. The smallest absolute Gasteiger partial charge is 0.326 e. The molecule has 0 spiro atoms. The van der Waals surface area contributed by atoms with Crippen molar-refractivity contribution in [3.63, 3.8) is 0 Å². The number of aliphatic carboxylic acids is 1. The first-order valence-corrected chi connectivity index (χ1v) is 7.11. The number of para-hydroxylation sites is 1. The maximum Gasteiger partial charge on any atom is 0.326 e. The van der Waals surface area contributed by atoms with Gasteiger partial charge >= 0.3 is 12.0 Å². The van der Waals surface area contributed by atoms with Gasteiger partial charge in [0.2, 0.25) is 0 Å². The molecule has 0 heterocycles. The first-order chi connectivity index (χ1) is 10.1. The van der Waals surface area contributed by atoms with Gasteiger partial charge in [0.15, 0.2) is 0 Å². The van der Waals surface area contributed by atoms with Gasteiger partial charge in [-0.2, -0.15) is 0 Å². The molecule has 0 aliphatic rings. The number of unbranched alkanes of at least 4 members (excludes halogenated alkanes) is 1. The Bertz CT molecular complexity index is 477. The number of hydrogen-bond acceptors (Lipinski definition) is 3. The van der Waals surface area contributed by atoms with E-state index >= 15 is 0 Å². The highest BCUT2D eigenvalue weighted by Gasteiger charge is 2.19. The zero-order valence-electron chi connectivity index (χ0n) is 12.5. The average Bonchev–Trinajstić information content (AvgIpc) is 2.45. The third-order valence-corrected chi connectivity index (χ3v) is 3.08. The lowest BCUT2D eigenvalue weighted by molar-refractivity contribution is -0.139. The maximum atomic E-state index is 11.9. The number of amides is 2. The van der Waals surface area contributed by atoms with Gasteiger partial charge in [0, 0.05) is 12.2 Å². The van der Waals surface area contributed by atoms with E-state index in [2.05, 4.69) is 16.0 Å². The maximum absolute atomic E-state index is 11.9. The average molecular weight is 293 g/mol. The van der Waals surface area contributed by atoms with E-state index in [-0.39, 0.29) is 0 Å². The molecule has 21 heavy (non-hydrogen) atoms. The lowest BCUT2D eigenvalue weighted by Gasteiger charge is -2.16. The highest BCUT2D eigenvalue weighted by atomic mass is 16.4. The summed E-state index contributed by atoms with van der Waals surface area (Å²) in [4.78, 5) is 23.1. The van der Waals surface area contributed by atoms with E-state index in [1.165, 1.54) is 0 Å². The molecular formula is C15H23N3O3. The lowest BCUT2D eigenvalue weighted by atomic mass is 10.1. The van der Waals surface area contributed by atoms with Crippen LogP contribution in [0.3, 0.4) is 0 Å². The van der Waals surface area contributed by atoms with Gasteiger partial charge in [0.1, 0.15) is 6.04 Å². The van der Waals surface area contributed by atoms with Gasteiger partial charge in [-0.05, 0) is 25.1 Å². The number of carbonyl (C=O) groups excluding carboxylic acids is 1. The Kier molecular flexibility index (Phi) is 7.25. The van der Waals surface area contributed by atoms with Gasteiger partial charge in [0.25, 0.3) is 0 Å². The molecule has 1 rings (SSSR count). The van der Waals surface area contributed by atoms with Crippen LogP contribution in [0.2, 0.25) is 0 Å². The van der Waals surface area contributed by atoms with Gasteiger partial charge in [-0.3, -0.25) is 0 Å².